The second-order valence-electron chi connectivity index (χ2n) is 10.9. The quantitative estimate of drug-likeness (QED) is 0.123. The molecule has 0 fully saturated rings. The maximum Gasteiger partial charge on any atom is 0.416 e. The lowest BCUT2D eigenvalue weighted by Crippen LogP contribution is -2.24. The van der Waals surface area contributed by atoms with Crippen molar-refractivity contribution in [1.82, 2.24) is 5.32 Å². The van der Waals surface area contributed by atoms with Gasteiger partial charge in [0.15, 0.2) is 0 Å². The van der Waals surface area contributed by atoms with Gasteiger partial charge >= 0.3 is 6.18 Å². The van der Waals surface area contributed by atoms with Gasteiger partial charge in [0.1, 0.15) is 18.1 Å². The lowest BCUT2D eigenvalue weighted by molar-refractivity contribution is -0.137. The van der Waals surface area contributed by atoms with Crippen LogP contribution in [0.25, 0.3) is 22.3 Å². The van der Waals surface area contributed by atoms with Crippen LogP contribution in [0.5, 0.6) is 11.5 Å². The number of hydrogen-bond donors (Lipinski definition) is 2. The summed E-state index contributed by atoms with van der Waals surface area (Å²) in [5.74, 6) is 0.576. The summed E-state index contributed by atoms with van der Waals surface area (Å²) in [5, 5.41) is 12.5. The number of aliphatic hydroxyl groups excluding tert-OH is 1. The Balaban J connectivity index is 1.50. The molecule has 0 aliphatic heterocycles. The lowest BCUT2D eigenvalue weighted by Gasteiger charge is -2.19. The molecule has 0 unspecified atom stereocenters. The molecule has 2 N–H and O–H groups in total. The summed E-state index contributed by atoms with van der Waals surface area (Å²) >= 11 is 0. The zero-order chi connectivity index (χ0) is 32.1. The van der Waals surface area contributed by atoms with E-state index in [1.165, 1.54) is 18.1 Å². The molecule has 0 saturated heterocycles. The molecular weight excluding hydrogens is 579 g/mol. The molecule has 0 bridgehead atoms. The molecule has 8 heteroatoms. The molecule has 1 amide bonds. The van der Waals surface area contributed by atoms with E-state index >= 15 is 0 Å². The molecule has 0 spiro atoms. The number of carbonyl (C=O) groups excluding carboxylic acids is 1. The maximum absolute atomic E-state index is 13.6. The Bertz CT molecular complexity index is 1500. The number of aliphatic hydroxyl groups is 1. The molecule has 0 aliphatic rings. The molecule has 45 heavy (non-hydrogen) atoms. The number of amides is 1. The van der Waals surface area contributed by atoms with Gasteiger partial charge in [0, 0.05) is 23.2 Å². The van der Waals surface area contributed by atoms with E-state index in [1.54, 1.807) is 49.6 Å². The number of alkyl halides is 3. The van der Waals surface area contributed by atoms with Crippen molar-refractivity contribution in [3.63, 3.8) is 0 Å². The zero-order valence-corrected chi connectivity index (χ0v) is 25.5. The van der Waals surface area contributed by atoms with Crippen LogP contribution in [-0.2, 0) is 12.6 Å². The summed E-state index contributed by atoms with van der Waals surface area (Å²) in [6.45, 7) is 0.120. The van der Waals surface area contributed by atoms with Gasteiger partial charge in [-0.3, -0.25) is 4.79 Å². The first kappa shape index (κ1) is 33.6. The van der Waals surface area contributed by atoms with Crippen molar-refractivity contribution >= 4 is 5.91 Å². The Morgan fingerprint density at radius 3 is 2.11 bits per heavy atom. The van der Waals surface area contributed by atoms with Crippen LogP contribution in [0.15, 0.2) is 91.0 Å². The summed E-state index contributed by atoms with van der Waals surface area (Å²) in [6, 6.07) is 25.7. The van der Waals surface area contributed by atoms with E-state index in [-0.39, 0.29) is 30.4 Å². The van der Waals surface area contributed by atoms with Gasteiger partial charge in [-0.1, -0.05) is 80.3 Å². The first-order valence-corrected chi connectivity index (χ1v) is 15.4. The molecule has 0 radical (unpaired) electrons. The Kier molecular flexibility index (Phi) is 12.5. The van der Waals surface area contributed by atoms with Crippen molar-refractivity contribution in [2.45, 2.75) is 51.1 Å². The predicted molar refractivity (Wildman–Crippen MR) is 172 cm³/mol. The van der Waals surface area contributed by atoms with Gasteiger partial charge in [0.25, 0.3) is 5.91 Å². The normalized spacial score (nSPS) is 11.3. The van der Waals surface area contributed by atoms with Crippen LogP contribution in [0.4, 0.5) is 13.2 Å². The first-order chi connectivity index (χ1) is 21.8. The van der Waals surface area contributed by atoms with E-state index in [4.69, 9.17) is 9.47 Å². The van der Waals surface area contributed by atoms with Crippen LogP contribution in [0.2, 0.25) is 0 Å². The third kappa shape index (κ3) is 9.85. The van der Waals surface area contributed by atoms with E-state index < -0.39 is 11.7 Å². The third-order valence-corrected chi connectivity index (χ3v) is 7.61. The minimum atomic E-state index is -4.54. The SMILES string of the molecule is COc1ccc(-c2cc(C(=O)NCCCCCCCCc3ccccc3)cc(-c3cccc(C(F)(F)F)c3)c2OCCO)cc1. The molecule has 0 aromatic heterocycles. The number of halogens is 3. The number of carbonyl (C=O) groups is 1. The third-order valence-electron chi connectivity index (χ3n) is 7.61. The van der Waals surface area contributed by atoms with E-state index in [0.717, 1.165) is 50.7 Å². The summed E-state index contributed by atoms with van der Waals surface area (Å²) in [6.07, 6.45) is 2.91. The van der Waals surface area contributed by atoms with E-state index in [2.05, 4.69) is 29.6 Å². The highest BCUT2D eigenvalue weighted by molar-refractivity contribution is 5.99. The second-order valence-corrected chi connectivity index (χ2v) is 10.9. The number of unbranched alkanes of at least 4 members (excludes halogenated alkanes) is 5. The minimum absolute atomic E-state index is 0.0765. The molecule has 4 rings (SSSR count). The van der Waals surface area contributed by atoms with Gasteiger partial charge in [-0.15, -0.1) is 0 Å². The largest absolute Gasteiger partial charge is 0.497 e. The topological polar surface area (TPSA) is 67.8 Å². The highest BCUT2D eigenvalue weighted by Gasteiger charge is 2.31. The molecule has 0 atom stereocenters. The van der Waals surface area contributed by atoms with Gasteiger partial charge in [-0.2, -0.15) is 13.2 Å². The van der Waals surface area contributed by atoms with Crippen molar-refractivity contribution in [2.24, 2.45) is 0 Å². The number of hydrogen-bond acceptors (Lipinski definition) is 4. The highest BCUT2D eigenvalue weighted by Crippen LogP contribution is 2.42. The number of aryl methyl sites for hydroxylation is 1. The van der Waals surface area contributed by atoms with Gasteiger partial charge in [-0.05, 0) is 72.4 Å². The summed E-state index contributed by atoms with van der Waals surface area (Å²) in [7, 11) is 1.55. The predicted octanol–water partition coefficient (Wildman–Crippen LogP) is 8.73. The van der Waals surface area contributed by atoms with Crippen LogP contribution in [0.3, 0.4) is 0 Å². The minimum Gasteiger partial charge on any atom is -0.497 e. The Hall–Kier alpha value is -4.30. The molecule has 5 nitrogen and oxygen atoms in total. The molecule has 0 saturated carbocycles. The highest BCUT2D eigenvalue weighted by atomic mass is 19.4. The van der Waals surface area contributed by atoms with E-state index in [1.807, 2.05) is 6.07 Å². The molecule has 0 heterocycles. The summed E-state index contributed by atoms with van der Waals surface area (Å²) < 4.78 is 52.1. The Morgan fingerprint density at radius 1 is 0.778 bits per heavy atom. The van der Waals surface area contributed by atoms with Crippen LogP contribution >= 0.6 is 0 Å². The molecule has 4 aromatic rings. The van der Waals surface area contributed by atoms with Gasteiger partial charge in [0.2, 0.25) is 0 Å². The average molecular weight is 620 g/mol. The zero-order valence-electron chi connectivity index (χ0n) is 25.5. The van der Waals surface area contributed by atoms with Gasteiger partial charge in [-0.25, -0.2) is 0 Å². The fraction of sp³-hybridized carbons (Fsp3) is 0.324. The molecular formula is C37H40F3NO4. The number of benzene rings is 4. The van der Waals surface area contributed by atoms with Crippen LogP contribution < -0.4 is 14.8 Å². The molecule has 0 aliphatic carbocycles. The van der Waals surface area contributed by atoms with Crippen LogP contribution in [-0.4, -0.2) is 37.9 Å². The first-order valence-electron chi connectivity index (χ1n) is 15.4. The second kappa shape index (κ2) is 16.7. The summed E-state index contributed by atoms with van der Waals surface area (Å²) in [5.41, 5.74) is 2.61. The fourth-order valence-electron chi connectivity index (χ4n) is 5.24. The van der Waals surface area contributed by atoms with Crippen molar-refractivity contribution in [1.29, 1.82) is 0 Å². The van der Waals surface area contributed by atoms with Crippen molar-refractivity contribution in [3.8, 4) is 33.8 Å². The van der Waals surface area contributed by atoms with Crippen LogP contribution in [0.1, 0.15) is 60.0 Å². The van der Waals surface area contributed by atoms with Crippen molar-refractivity contribution in [3.05, 3.63) is 108 Å². The Morgan fingerprint density at radius 2 is 1.44 bits per heavy atom. The fourth-order valence-corrected chi connectivity index (χ4v) is 5.24. The smallest absolute Gasteiger partial charge is 0.416 e. The number of nitrogens with one attached hydrogen (secondary N) is 1. The maximum atomic E-state index is 13.6. The lowest BCUT2D eigenvalue weighted by atomic mass is 9.93. The van der Waals surface area contributed by atoms with Crippen molar-refractivity contribution in [2.75, 3.05) is 26.9 Å². The van der Waals surface area contributed by atoms with E-state index in [0.29, 0.717) is 34.5 Å². The number of methoxy groups -OCH3 is 1. The van der Waals surface area contributed by atoms with Crippen molar-refractivity contribution < 1.29 is 32.5 Å². The van der Waals surface area contributed by atoms with Gasteiger partial charge < -0.3 is 19.9 Å². The Labute approximate surface area is 263 Å². The average Bonchev–Trinajstić information content (AvgIpc) is 3.06. The monoisotopic (exact) mass is 619 g/mol. The van der Waals surface area contributed by atoms with E-state index in [9.17, 15) is 23.1 Å². The molecule has 4 aromatic carbocycles. The van der Waals surface area contributed by atoms with Crippen LogP contribution in [0, 0.1) is 0 Å². The summed E-state index contributed by atoms with van der Waals surface area (Å²) in [4.78, 5) is 13.4. The number of ether oxygens (including phenoxy) is 2. The number of rotatable bonds is 16. The molecule has 238 valence electrons. The van der Waals surface area contributed by atoms with Gasteiger partial charge in [0.05, 0.1) is 19.3 Å². The standard InChI is InChI=1S/C37H40F3NO4/c1-44-32-19-17-28(18-20-32)33-25-30(36(43)41-21-10-5-3-2-4-7-12-27-13-8-6-9-14-27)26-34(35(33)45-23-22-42)29-15-11-16-31(24-29)37(38,39)40/h6,8-9,11,13-20,24-26,42H,2-5,7,10,12,21-23H2,1H3,(H,41,43).